The first-order chi connectivity index (χ1) is 12.8. The van der Waals surface area contributed by atoms with E-state index in [1.54, 1.807) is 18.0 Å². The lowest BCUT2D eigenvalue weighted by atomic mass is 10.1. The van der Waals surface area contributed by atoms with Crippen LogP contribution in [0.15, 0.2) is 53.9 Å². The van der Waals surface area contributed by atoms with E-state index in [-0.39, 0.29) is 0 Å². The van der Waals surface area contributed by atoms with Crippen molar-refractivity contribution in [2.45, 2.75) is 37.4 Å². The highest BCUT2D eigenvalue weighted by Gasteiger charge is 2.20. The summed E-state index contributed by atoms with van der Waals surface area (Å²) < 4.78 is 8.01. The van der Waals surface area contributed by atoms with Crippen LogP contribution in [0.25, 0.3) is 17.1 Å². The van der Waals surface area contributed by atoms with Crippen LogP contribution in [0.1, 0.15) is 24.8 Å². The summed E-state index contributed by atoms with van der Waals surface area (Å²) in [5.41, 5.74) is 3.25. The minimum Gasteiger partial charge on any atom is -0.377 e. The van der Waals surface area contributed by atoms with Gasteiger partial charge in [-0.25, -0.2) is 0 Å². The van der Waals surface area contributed by atoms with Crippen LogP contribution in [0.4, 0.5) is 0 Å². The topological polar surface area (TPSA) is 52.8 Å². The number of aromatic nitrogens is 4. The molecule has 1 aliphatic heterocycles. The van der Waals surface area contributed by atoms with Crippen LogP contribution < -0.4 is 0 Å². The fourth-order valence-electron chi connectivity index (χ4n) is 3.18. The van der Waals surface area contributed by atoms with E-state index in [9.17, 15) is 0 Å². The molecule has 0 saturated carbocycles. The lowest BCUT2D eigenvalue weighted by molar-refractivity contribution is 0.0315. The average Bonchev–Trinajstić information content (AvgIpc) is 3.12. The number of hydrogen-bond acceptors (Lipinski definition) is 5. The van der Waals surface area contributed by atoms with Crippen molar-refractivity contribution in [2.24, 2.45) is 0 Å². The van der Waals surface area contributed by atoms with Crippen LogP contribution in [-0.4, -0.2) is 38.2 Å². The predicted molar refractivity (Wildman–Crippen MR) is 104 cm³/mol. The Morgan fingerprint density at radius 2 is 2.08 bits per heavy atom. The summed E-state index contributed by atoms with van der Waals surface area (Å²) in [6.45, 7) is 2.98. The molecule has 1 fully saturated rings. The molecule has 0 aliphatic carbocycles. The van der Waals surface area contributed by atoms with E-state index >= 15 is 0 Å². The second-order valence-electron chi connectivity index (χ2n) is 6.47. The summed E-state index contributed by atoms with van der Waals surface area (Å²) in [5, 5.41) is 9.86. The van der Waals surface area contributed by atoms with Gasteiger partial charge in [0.1, 0.15) is 0 Å². The van der Waals surface area contributed by atoms with Crippen molar-refractivity contribution in [3.05, 3.63) is 54.4 Å². The number of para-hydroxylation sites is 1. The molecule has 0 unspecified atom stereocenters. The number of benzene rings is 1. The predicted octanol–water partition coefficient (Wildman–Crippen LogP) is 4.30. The lowest BCUT2D eigenvalue weighted by Crippen LogP contribution is -2.21. The highest BCUT2D eigenvalue weighted by Crippen LogP contribution is 2.30. The van der Waals surface area contributed by atoms with Gasteiger partial charge in [-0.3, -0.25) is 9.55 Å². The van der Waals surface area contributed by atoms with E-state index in [0.29, 0.717) is 6.10 Å². The largest absolute Gasteiger partial charge is 0.377 e. The molecule has 1 saturated heterocycles. The fraction of sp³-hybridized carbons (Fsp3) is 0.350. The molecule has 3 heterocycles. The zero-order valence-electron chi connectivity index (χ0n) is 14.8. The Morgan fingerprint density at radius 3 is 2.85 bits per heavy atom. The Bertz CT molecular complexity index is 859. The number of aryl methyl sites for hydroxylation is 1. The molecule has 0 radical (unpaired) electrons. The molecule has 1 aliphatic rings. The first-order valence-electron chi connectivity index (χ1n) is 8.99. The van der Waals surface area contributed by atoms with Crippen molar-refractivity contribution in [1.29, 1.82) is 0 Å². The fourth-order valence-corrected chi connectivity index (χ4v) is 4.19. The number of ether oxygens (including phenoxy) is 1. The van der Waals surface area contributed by atoms with Gasteiger partial charge >= 0.3 is 0 Å². The lowest BCUT2D eigenvalue weighted by Gasteiger charge is -2.22. The number of nitrogens with zero attached hydrogens (tertiary/aromatic N) is 4. The molecule has 134 valence electrons. The molecule has 6 heteroatoms. The summed E-state index contributed by atoms with van der Waals surface area (Å²) >= 11 is 1.72. The maximum Gasteiger partial charge on any atom is 0.196 e. The van der Waals surface area contributed by atoms with Crippen LogP contribution in [-0.2, 0) is 4.74 Å². The first-order valence-corrected chi connectivity index (χ1v) is 9.98. The molecule has 5 nitrogen and oxygen atoms in total. The van der Waals surface area contributed by atoms with Crippen molar-refractivity contribution in [2.75, 3.05) is 12.4 Å². The third-order valence-corrected chi connectivity index (χ3v) is 5.64. The van der Waals surface area contributed by atoms with E-state index in [1.165, 1.54) is 18.4 Å². The zero-order chi connectivity index (χ0) is 17.8. The SMILES string of the molecule is Cc1ccccc1-n1c(SC[C@H]2CCCCO2)nnc1-c1cccnc1. The Kier molecular flexibility index (Phi) is 5.32. The smallest absolute Gasteiger partial charge is 0.196 e. The molecule has 4 rings (SSSR count). The summed E-state index contributed by atoms with van der Waals surface area (Å²) in [7, 11) is 0. The van der Waals surface area contributed by atoms with Gasteiger partial charge in [-0.05, 0) is 49.9 Å². The van der Waals surface area contributed by atoms with Crippen LogP contribution in [0.3, 0.4) is 0 Å². The standard InChI is InChI=1S/C20H22N4OS/c1-15-7-2-3-10-18(15)24-19(16-8-6-11-21-13-16)22-23-20(24)26-14-17-9-4-5-12-25-17/h2-3,6-8,10-11,13,17H,4-5,9,12,14H2,1H3/t17-/m1/s1. The molecule has 0 spiro atoms. The Labute approximate surface area is 157 Å². The van der Waals surface area contributed by atoms with Crippen molar-refractivity contribution in [3.8, 4) is 17.1 Å². The molecule has 0 bridgehead atoms. The average molecular weight is 366 g/mol. The molecule has 0 amide bonds. The summed E-state index contributed by atoms with van der Waals surface area (Å²) in [6.07, 6.45) is 7.45. The third-order valence-electron chi connectivity index (χ3n) is 4.58. The van der Waals surface area contributed by atoms with Crippen molar-refractivity contribution < 1.29 is 4.74 Å². The van der Waals surface area contributed by atoms with E-state index in [4.69, 9.17) is 4.74 Å². The van der Waals surface area contributed by atoms with E-state index in [2.05, 4.69) is 44.9 Å². The van der Waals surface area contributed by atoms with Crippen molar-refractivity contribution >= 4 is 11.8 Å². The summed E-state index contributed by atoms with van der Waals surface area (Å²) in [4.78, 5) is 4.24. The van der Waals surface area contributed by atoms with Gasteiger partial charge in [0.15, 0.2) is 11.0 Å². The molecular formula is C20H22N4OS. The molecule has 2 aromatic heterocycles. The van der Waals surface area contributed by atoms with Gasteiger partial charge in [-0.15, -0.1) is 10.2 Å². The number of rotatable bonds is 5. The minimum absolute atomic E-state index is 0.303. The molecule has 0 N–H and O–H groups in total. The van der Waals surface area contributed by atoms with E-state index in [1.807, 2.05) is 24.4 Å². The Hall–Kier alpha value is -2.18. The molecule has 1 atom stereocenters. The highest BCUT2D eigenvalue weighted by molar-refractivity contribution is 7.99. The van der Waals surface area contributed by atoms with Crippen LogP contribution in [0.5, 0.6) is 0 Å². The van der Waals surface area contributed by atoms with Gasteiger partial charge in [0.25, 0.3) is 0 Å². The quantitative estimate of drug-likeness (QED) is 0.630. The van der Waals surface area contributed by atoms with Gasteiger partial charge in [0.05, 0.1) is 11.8 Å². The zero-order valence-corrected chi connectivity index (χ0v) is 15.7. The van der Waals surface area contributed by atoms with E-state index in [0.717, 1.165) is 41.0 Å². The third kappa shape index (κ3) is 3.66. The van der Waals surface area contributed by atoms with Gasteiger partial charge < -0.3 is 4.74 Å². The number of pyridine rings is 1. The van der Waals surface area contributed by atoms with Crippen LogP contribution >= 0.6 is 11.8 Å². The van der Waals surface area contributed by atoms with Gasteiger partial charge in [0.2, 0.25) is 0 Å². The summed E-state index contributed by atoms with van der Waals surface area (Å²) in [5.74, 6) is 1.72. The van der Waals surface area contributed by atoms with Gasteiger partial charge in [0, 0.05) is 30.3 Å². The van der Waals surface area contributed by atoms with Crippen LogP contribution in [0.2, 0.25) is 0 Å². The molecule has 3 aromatic rings. The van der Waals surface area contributed by atoms with Crippen molar-refractivity contribution in [3.63, 3.8) is 0 Å². The Morgan fingerprint density at radius 1 is 1.15 bits per heavy atom. The Balaban J connectivity index is 1.70. The second kappa shape index (κ2) is 8.01. The maximum absolute atomic E-state index is 5.87. The number of hydrogen-bond donors (Lipinski definition) is 0. The van der Waals surface area contributed by atoms with Gasteiger partial charge in [-0.2, -0.15) is 0 Å². The summed E-state index contributed by atoms with van der Waals surface area (Å²) in [6, 6.07) is 12.3. The molecular weight excluding hydrogens is 344 g/mol. The highest BCUT2D eigenvalue weighted by atomic mass is 32.2. The minimum atomic E-state index is 0.303. The molecule has 1 aromatic carbocycles. The normalized spacial score (nSPS) is 17.3. The van der Waals surface area contributed by atoms with Gasteiger partial charge in [-0.1, -0.05) is 30.0 Å². The van der Waals surface area contributed by atoms with Crippen LogP contribution in [0, 0.1) is 6.92 Å². The van der Waals surface area contributed by atoms with E-state index < -0.39 is 0 Å². The number of thioether (sulfide) groups is 1. The monoisotopic (exact) mass is 366 g/mol. The first kappa shape index (κ1) is 17.2. The maximum atomic E-state index is 5.87. The molecule has 26 heavy (non-hydrogen) atoms. The van der Waals surface area contributed by atoms with Crippen molar-refractivity contribution in [1.82, 2.24) is 19.7 Å². The second-order valence-corrected chi connectivity index (χ2v) is 7.46.